The van der Waals surface area contributed by atoms with E-state index in [2.05, 4.69) is 6.07 Å². The molecule has 0 bridgehead atoms. The van der Waals surface area contributed by atoms with Crippen molar-refractivity contribution in [2.24, 2.45) is 0 Å². The van der Waals surface area contributed by atoms with Crippen LogP contribution in [-0.4, -0.2) is 21.4 Å². The van der Waals surface area contributed by atoms with Crippen LogP contribution in [0.3, 0.4) is 0 Å². The number of ether oxygens (including phenoxy) is 1. The molecule has 5 nitrogen and oxygen atoms in total. The first-order valence-corrected chi connectivity index (χ1v) is 10.7. The molecule has 0 unspecified atom stereocenters. The molecule has 4 rings (SSSR count). The van der Waals surface area contributed by atoms with Crippen LogP contribution in [-0.2, 0) is 12.8 Å². The molecular formula is C20H19N3O2S2. The van der Waals surface area contributed by atoms with Crippen molar-refractivity contribution in [2.45, 2.75) is 43.5 Å². The molecule has 2 aromatic heterocycles. The van der Waals surface area contributed by atoms with Crippen molar-refractivity contribution in [1.29, 1.82) is 5.26 Å². The molecule has 0 fully saturated rings. The number of nitriles is 1. The van der Waals surface area contributed by atoms with E-state index in [1.807, 2.05) is 38.1 Å². The van der Waals surface area contributed by atoms with Gasteiger partial charge >= 0.3 is 0 Å². The SMILES string of the molecule is CCOc1ccc(-n2c(S[C@H](C)C#N)nc3sc4c(c3c2=O)CCC4)cc1. The van der Waals surface area contributed by atoms with Gasteiger partial charge in [0.25, 0.3) is 5.56 Å². The molecule has 3 aromatic rings. The second-order valence-corrected chi connectivity index (χ2v) is 8.78. The molecule has 1 aliphatic carbocycles. The molecule has 0 aliphatic heterocycles. The quantitative estimate of drug-likeness (QED) is 0.473. The Morgan fingerprint density at radius 1 is 1.37 bits per heavy atom. The molecule has 0 saturated carbocycles. The molecule has 1 aromatic carbocycles. The van der Waals surface area contributed by atoms with E-state index in [4.69, 9.17) is 9.72 Å². The lowest BCUT2D eigenvalue weighted by Crippen LogP contribution is -2.22. The van der Waals surface area contributed by atoms with Gasteiger partial charge in [0.1, 0.15) is 10.6 Å². The fourth-order valence-electron chi connectivity index (χ4n) is 3.37. The van der Waals surface area contributed by atoms with Crippen LogP contribution >= 0.6 is 23.1 Å². The van der Waals surface area contributed by atoms with Gasteiger partial charge in [0.2, 0.25) is 0 Å². The maximum atomic E-state index is 13.5. The maximum Gasteiger partial charge on any atom is 0.267 e. The minimum atomic E-state index is -0.296. The van der Waals surface area contributed by atoms with Gasteiger partial charge < -0.3 is 4.74 Å². The van der Waals surface area contributed by atoms with Gasteiger partial charge in [-0.3, -0.25) is 9.36 Å². The van der Waals surface area contributed by atoms with Gasteiger partial charge in [-0.2, -0.15) is 5.26 Å². The summed E-state index contributed by atoms with van der Waals surface area (Å²) in [5.41, 5.74) is 1.86. The Morgan fingerprint density at radius 3 is 2.85 bits per heavy atom. The number of aromatic nitrogens is 2. The number of hydrogen-bond acceptors (Lipinski definition) is 6. The van der Waals surface area contributed by atoms with Crippen LogP contribution in [0, 0.1) is 11.3 Å². The maximum absolute atomic E-state index is 13.5. The lowest BCUT2D eigenvalue weighted by molar-refractivity contribution is 0.340. The summed E-state index contributed by atoms with van der Waals surface area (Å²) in [4.78, 5) is 20.3. The zero-order chi connectivity index (χ0) is 19.0. The van der Waals surface area contributed by atoms with E-state index < -0.39 is 0 Å². The topological polar surface area (TPSA) is 67.9 Å². The smallest absolute Gasteiger partial charge is 0.267 e. The highest BCUT2D eigenvalue weighted by molar-refractivity contribution is 8.00. The molecule has 0 saturated heterocycles. The van der Waals surface area contributed by atoms with Crippen LogP contribution in [0.1, 0.15) is 30.7 Å². The normalized spacial score (nSPS) is 14.1. The van der Waals surface area contributed by atoms with Crippen molar-refractivity contribution in [1.82, 2.24) is 9.55 Å². The minimum absolute atomic E-state index is 0.0452. The first kappa shape index (κ1) is 18.1. The Labute approximate surface area is 165 Å². The predicted molar refractivity (Wildman–Crippen MR) is 109 cm³/mol. The molecule has 7 heteroatoms. The number of hydrogen-bond donors (Lipinski definition) is 0. The average Bonchev–Trinajstić information content (AvgIpc) is 3.24. The largest absolute Gasteiger partial charge is 0.494 e. The van der Waals surface area contributed by atoms with Crippen molar-refractivity contribution in [2.75, 3.05) is 6.61 Å². The molecule has 27 heavy (non-hydrogen) atoms. The minimum Gasteiger partial charge on any atom is -0.494 e. The Kier molecular flexibility index (Phi) is 4.94. The molecule has 138 valence electrons. The lowest BCUT2D eigenvalue weighted by Gasteiger charge is -2.13. The van der Waals surface area contributed by atoms with Crippen LogP contribution < -0.4 is 10.3 Å². The van der Waals surface area contributed by atoms with Crippen molar-refractivity contribution in [3.63, 3.8) is 0 Å². The zero-order valence-corrected chi connectivity index (χ0v) is 16.8. The van der Waals surface area contributed by atoms with Gasteiger partial charge in [0.15, 0.2) is 5.16 Å². The van der Waals surface area contributed by atoms with Gasteiger partial charge in [0.05, 0.1) is 29.0 Å². The summed E-state index contributed by atoms with van der Waals surface area (Å²) >= 11 is 2.94. The molecule has 0 N–H and O–H groups in total. The van der Waals surface area contributed by atoms with Crippen LogP contribution in [0.15, 0.2) is 34.2 Å². The fourth-order valence-corrected chi connectivity index (χ4v) is 5.49. The summed E-state index contributed by atoms with van der Waals surface area (Å²) in [6, 6.07) is 9.67. The number of benzene rings is 1. The van der Waals surface area contributed by atoms with Crippen molar-refractivity contribution >= 4 is 33.3 Å². The van der Waals surface area contributed by atoms with Crippen LogP contribution in [0.5, 0.6) is 5.75 Å². The highest BCUT2D eigenvalue weighted by Crippen LogP contribution is 2.36. The summed E-state index contributed by atoms with van der Waals surface area (Å²) in [5, 5.41) is 10.2. The van der Waals surface area contributed by atoms with Crippen LogP contribution in [0.2, 0.25) is 0 Å². The first-order valence-electron chi connectivity index (χ1n) is 8.99. The lowest BCUT2D eigenvalue weighted by atomic mass is 10.2. The van der Waals surface area contributed by atoms with Crippen molar-refractivity contribution in [3.05, 3.63) is 45.1 Å². The van der Waals surface area contributed by atoms with E-state index in [1.165, 1.54) is 16.6 Å². The Morgan fingerprint density at radius 2 is 2.15 bits per heavy atom. The van der Waals surface area contributed by atoms with Crippen LogP contribution in [0.4, 0.5) is 0 Å². The standard InChI is InChI=1S/C20H19N3O2S2/c1-3-25-14-9-7-13(8-10-14)23-19(24)17-15-5-4-6-16(15)27-18(17)22-20(23)26-12(2)11-21/h7-10,12H,3-6H2,1-2H3/t12-/m1/s1. The third kappa shape index (κ3) is 3.24. The fraction of sp³-hybridized carbons (Fsp3) is 0.350. The van der Waals surface area contributed by atoms with Crippen molar-refractivity contribution < 1.29 is 4.74 Å². The second-order valence-electron chi connectivity index (χ2n) is 6.39. The number of rotatable bonds is 5. The third-order valence-corrected chi connectivity index (χ3v) is 6.71. The molecule has 2 heterocycles. The number of aryl methyl sites for hydroxylation is 2. The summed E-state index contributed by atoms with van der Waals surface area (Å²) in [5.74, 6) is 0.763. The number of nitrogens with zero attached hydrogens (tertiary/aromatic N) is 3. The van der Waals surface area contributed by atoms with E-state index in [0.717, 1.165) is 46.5 Å². The van der Waals surface area contributed by atoms with Gasteiger partial charge in [-0.1, -0.05) is 11.8 Å². The van der Waals surface area contributed by atoms with Gasteiger partial charge in [-0.05, 0) is 62.9 Å². The number of thiophene rings is 1. The third-order valence-electron chi connectivity index (χ3n) is 4.58. The highest BCUT2D eigenvalue weighted by atomic mass is 32.2. The Bertz CT molecular complexity index is 1090. The van der Waals surface area contributed by atoms with E-state index in [0.29, 0.717) is 11.8 Å². The molecule has 1 atom stereocenters. The van der Waals surface area contributed by atoms with Crippen LogP contribution in [0.25, 0.3) is 15.9 Å². The highest BCUT2D eigenvalue weighted by Gasteiger charge is 2.24. The zero-order valence-electron chi connectivity index (χ0n) is 15.2. The monoisotopic (exact) mass is 397 g/mol. The summed E-state index contributed by atoms with van der Waals surface area (Å²) < 4.78 is 7.15. The predicted octanol–water partition coefficient (Wildman–Crippen LogP) is 4.34. The number of thioether (sulfide) groups is 1. The Hall–Kier alpha value is -2.30. The van der Waals surface area contributed by atoms with Crippen molar-refractivity contribution in [3.8, 4) is 17.5 Å². The molecule has 1 aliphatic rings. The Balaban J connectivity index is 1.92. The molecule has 0 radical (unpaired) electrons. The molecular weight excluding hydrogens is 378 g/mol. The average molecular weight is 398 g/mol. The summed E-state index contributed by atoms with van der Waals surface area (Å²) in [6.45, 7) is 4.35. The molecule has 0 amide bonds. The van der Waals surface area contributed by atoms with Gasteiger partial charge in [0, 0.05) is 4.88 Å². The molecule has 0 spiro atoms. The first-order chi connectivity index (χ1) is 13.1. The van der Waals surface area contributed by atoms with E-state index >= 15 is 0 Å². The summed E-state index contributed by atoms with van der Waals surface area (Å²) in [7, 11) is 0. The number of fused-ring (bicyclic) bond motifs is 3. The van der Waals surface area contributed by atoms with E-state index in [9.17, 15) is 10.1 Å². The van der Waals surface area contributed by atoms with E-state index in [-0.39, 0.29) is 10.8 Å². The van der Waals surface area contributed by atoms with Gasteiger partial charge in [-0.15, -0.1) is 11.3 Å². The second kappa shape index (κ2) is 7.37. The van der Waals surface area contributed by atoms with Gasteiger partial charge in [-0.25, -0.2) is 4.98 Å². The summed E-state index contributed by atoms with van der Waals surface area (Å²) in [6.07, 6.45) is 3.06. The van der Waals surface area contributed by atoms with E-state index in [1.54, 1.807) is 15.9 Å².